The van der Waals surface area contributed by atoms with Crippen LogP contribution in [0.2, 0.25) is 0 Å². The van der Waals surface area contributed by atoms with Crippen LogP contribution in [0.5, 0.6) is 5.75 Å². The minimum absolute atomic E-state index is 0.0165. The molecule has 0 saturated heterocycles. The minimum Gasteiger partial charge on any atom is -0.494 e. The van der Waals surface area contributed by atoms with Crippen molar-refractivity contribution in [2.24, 2.45) is 7.05 Å². The Morgan fingerprint density at radius 2 is 2.28 bits per heavy atom. The third-order valence-corrected chi connectivity index (χ3v) is 2.34. The van der Waals surface area contributed by atoms with Crippen molar-refractivity contribution in [2.75, 3.05) is 7.11 Å². The van der Waals surface area contributed by atoms with Gasteiger partial charge in [-0.25, -0.2) is 4.39 Å². The third-order valence-electron chi connectivity index (χ3n) is 2.34. The first-order valence-corrected chi connectivity index (χ1v) is 5.20. The van der Waals surface area contributed by atoms with Crippen molar-refractivity contribution in [1.82, 2.24) is 20.2 Å². The highest BCUT2D eigenvalue weighted by Gasteiger charge is 2.13. The van der Waals surface area contributed by atoms with Crippen LogP contribution in [-0.4, -0.2) is 33.1 Å². The molecule has 1 aromatic carbocycles. The Hall–Kier alpha value is -2.31. The van der Waals surface area contributed by atoms with E-state index < -0.39 is 5.82 Å². The van der Waals surface area contributed by atoms with E-state index in [2.05, 4.69) is 15.4 Å². The number of halogens is 1. The maximum absolute atomic E-state index is 13.2. The number of rotatable bonds is 4. The lowest BCUT2D eigenvalue weighted by Gasteiger charge is -2.03. The van der Waals surface area contributed by atoms with E-state index in [0.29, 0.717) is 11.4 Å². The van der Waals surface area contributed by atoms with E-state index in [-0.39, 0.29) is 18.0 Å². The molecule has 1 heterocycles. The molecule has 6 nitrogen and oxygen atoms in total. The van der Waals surface area contributed by atoms with Crippen molar-refractivity contribution in [3.63, 3.8) is 0 Å². The first-order valence-electron chi connectivity index (χ1n) is 5.20. The number of ketones is 1. The summed E-state index contributed by atoms with van der Waals surface area (Å²) in [6.45, 7) is 0. The Morgan fingerprint density at radius 3 is 2.89 bits per heavy atom. The smallest absolute Gasteiger partial charge is 0.182 e. The van der Waals surface area contributed by atoms with Gasteiger partial charge >= 0.3 is 0 Å². The fourth-order valence-electron chi connectivity index (χ4n) is 1.47. The van der Waals surface area contributed by atoms with Gasteiger partial charge in [-0.3, -0.25) is 4.79 Å². The minimum atomic E-state index is -0.508. The summed E-state index contributed by atoms with van der Waals surface area (Å²) >= 11 is 0. The van der Waals surface area contributed by atoms with E-state index in [1.807, 2.05) is 0 Å². The molecule has 0 spiro atoms. The molecular formula is C11H11FN4O2. The van der Waals surface area contributed by atoms with E-state index >= 15 is 0 Å². The van der Waals surface area contributed by atoms with Crippen molar-refractivity contribution < 1.29 is 13.9 Å². The number of nitrogens with zero attached hydrogens (tertiary/aromatic N) is 4. The van der Waals surface area contributed by atoms with Gasteiger partial charge in [0.15, 0.2) is 23.2 Å². The summed E-state index contributed by atoms with van der Waals surface area (Å²) < 4.78 is 18.0. The number of carbonyl (C=O) groups is 1. The molecule has 0 unspecified atom stereocenters. The molecule has 94 valence electrons. The maximum Gasteiger partial charge on any atom is 0.182 e. The van der Waals surface area contributed by atoms with Crippen LogP contribution in [-0.2, 0) is 13.5 Å². The Labute approximate surface area is 102 Å². The Balaban J connectivity index is 2.18. The summed E-state index contributed by atoms with van der Waals surface area (Å²) in [4.78, 5) is 13.2. The molecule has 0 bridgehead atoms. The van der Waals surface area contributed by atoms with Crippen LogP contribution in [0.3, 0.4) is 0 Å². The van der Waals surface area contributed by atoms with E-state index in [0.717, 1.165) is 0 Å². The quantitative estimate of drug-likeness (QED) is 0.750. The van der Waals surface area contributed by atoms with Crippen molar-refractivity contribution in [3.8, 4) is 5.75 Å². The van der Waals surface area contributed by atoms with E-state index in [9.17, 15) is 9.18 Å². The average molecular weight is 250 g/mol. The summed E-state index contributed by atoms with van der Waals surface area (Å²) in [6.07, 6.45) is 0.0165. The second kappa shape index (κ2) is 4.91. The summed E-state index contributed by atoms with van der Waals surface area (Å²) in [6, 6.07) is 3.95. The lowest BCUT2D eigenvalue weighted by atomic mass is 10.1. The largest absolute Gasteiger partial charge is 0.494 e. The first kappa shape index (κ1) is 12.2. The molecule has 0 fully saturated rings. The molecule has 0 radical (unpaired) electrons. The molecule has 0 saturated carbocycles. The van der Waals surface area contributed by atoms with Crippen LogP contribution in [0.1, 0.15) is 16.2 Å². The molecule has 0 aliphatic rings. The van der Waals surface area contributed by atoms with Crippen LogP contribution >= 0.6 is 0 Å². The normalized spacial score (nSPS) is 10.4. The molecule has 2 rings (SSSR count). The topological polar surface area (TPSA) is 69.9 Å². The van der Waals surface area contributed by atoms with E-state index in [1.54, 1.807) is 7.05 Å². The molecule has 0 aliphatic carbocycles. The first-order chi connectivity index (χ1) is 8.60. The zero-order valence-electron chi connectivity index (χ0n) is 9.92. The van der Waals surface area contributed by atoms with Crippen LogP contribution in [0, 0.1) is 5.82 Å². The van der Waals surface area contributed by atoms with Crippen molar-refractivity contribution in [2.45, 2.75) is 6.42 Å². The third kappa shape index (κ3) is 2.50. The van der Waals surface area contributed by atoms with Gasteiger partial charge in [0.1, 0.15) is 0 Å². The van der Waals surface area contributed by atoms with Gasteiger partial charge in [0.25, 0.3) is 0 Å². The zero-order chi connectivity index (χ0) is 13.1. The van der Waals surface area contributed by atoms with Gasteiger partial charge in [-0.05, 0) is 23.4 Å². The zero-order valence-corrected chi connectivity index (χ0v) is 9.92. The van der Waals surface area contributed by atoms with Gasteiger partial charge in [-0.2, -0.15) is 4.80 Å². The number of Topliss-reactive ketones (excluding diaryl/α,β-unsaturated/α-hetero) is 1. The molecule has 2 aromatic rings. The number of aromatic nitrogens is 4. The fraction of sp³-hybridized carbons (Fsp3) is 0.273. The number of hydrogen-bond acceptors (Lipinski definition) is 5. The van der Waals surface area contributed by atoms with Gasteiger partial charge in [-0.1, -0.05) is 0 Å². The number of carbonyl (C=O) groups excluding carboxylic acids is 1. The Morgan fingerprint density at radius 1 is 1.50 bits per heavy atom. The molecule has 18 heavy (non-hydrogen) atoms. The van der Waals surface area contributed by atoms with Crippen LogP contribution in [0.4, 0.5) is 4.39 Å². The Kier molecular flexibility index (Phi) is 3.31. The predicted octanol–water partition coefficient (Wildman–Crippen LogP) is 0.783. The summed E-state index contributed by atoms with van der Waals surface area (Å²) in [5.74, 6) is -0.369. The van der Waals surface area contributed by atoms with Crippen LogP contribution in [0.15, 0.2) is 18.2 Å². The van der Waals surface area contributed by atoms with Gasteiger partial charge in [0, 0.05) is 5.56 Å². The van der Waals surface area contributed by atoms with Gasteiger partial charge in [0.05, 0.1) is 20.6 Å². The van der Waals surface area contributed by atoms with Crippen molar-refractivity contribution in [1.29, 1.82) is 0 Å². The molecular weight excluding hydrogens is 239 g/mol. The summed E-state index contributed by atoms with van der Waals surface area (Å²) in [5.41, 5.74) is 0.348. The average Bonchev–Trinajstić information content (AvgIpc) is 2.75. The molecule has 0 N–H and O–H groups in total. The van der Waals surface area contributed by atoms with Gasteiger partial charge in [-0.15, -0.1) is 10.2 Å². The number of ether oxygens (including phenoxy) is 1. The highest BCUT2D eigenvalue weighted by molar-refractivity contribution is 5.97. The number of tetrazole rings is 1. The second-order valence-corrected chi connectivity index (χ2v) is 3.64. The van der Waals surface area contributed by atoms with Crippen LogP contribution in [0.25, 0.3) is 0 Å². The fourth-order valence-corrected chi connectivity index (χ4v) is 1.47. The molecule has 0 amide bonds. The maximum atomic E-state index is 13.2. The second-order valence-electron chi connectivity index (χ2n) is 3.64. The molecule has 0 aliphatic heterocycles. The van der Waals surface area contributed by atoms with Gasteiger partial charge in [0.2, 0.25) is 0 Å². The van der Waals surface area contributed by atoms with E-state index in [1.165, 1.54) is 30.1 Å². The molecule has 0 atom stereocenters. The summed E-state index contributed by atoms with van der Waals surface area (Å²) in [5, 5.41) is 11.3. The standard InChI is InChI=1S/C11H11FN4O2/c1-16-14-11(13-15-16)6-9(17)7-3-4-8(12)10(5-7)18-2/h3-5H,6H2,1-2H3. The number of benzene rings is 1. The lowest BCUT2D eigenvalue weighted by Crippen LogP contribution is -2.06. The molecule has 7 heteroatoms. The molecule has 1 aromatic heterocycles. The number of aryl methyl sites for hydroxylation is 1. The van der Waals surface area contributed by atoms with E-state index in [4.69, 9.17) is 4.74 Å². The summed E-state index contributed by atoms with van der Waals surface area (Å²) in [7, 11) is 2.96. The SMILES string of the molecule is COc1cc(C(=O)Cc2nnn(C)n2)ccc1F. The highest BCUT2D eigenvalue weighted by Crippen LogP contribution is 2.19. The van der Waals surface area contributed by atoms with Crippen LogP contribution < -0.4 is 4.74 Å². The monoisotopic (exact) mass is 250 g/mol. The number of methoxy groups -OCH3 is 1. The Bertz CT molecular complexity index is 582. The number of hydrogen-bond donors (Lipinski definition) is 0. The predicted molar refractivity (Wildman–Crippen MR) is 59.8 cm³/mol. The van der Waals surface area contributed by atoms with Crippen molar-refractivity contribution in [3.05, 3.63) is 35.4 Å². The lowest BCUT2D eigenvalue weighted by molar-refractivity contribution is 0.0990. The van der Waals surface area contributed by atoms with Crippen molar-refractivity contribution >= 4 is 5.78 Å². The van der Waals surface area contributed by atoms with Gasteiger partial charge < -0.3 is 4.74 Å². The highest BCUT2D eigenvalue weighted by atomic mass is 19.1.